The molecule has 3 rings (SSSR count). The van der Waals surface area contributed by atoms with Crippen LogP contribution in [0.4, 0.5) is 0 Å². The Balaban J connectivity index is 0.000000432. The molecule has 0 bridgehead atoms. The second-order valence-corrected chi connectivity index (χ2v) is 10.3. The number of hydrogen-bond donors (Lipinski definition) is 0. The number of hydrogen-bond acceptors (Lipinski definition) is 1. The molecule has 2 nitrogen and oxygen atoms in total. The summed E-state index contributed by atoms with van der Waals surface area (Å²) in [7, 11) is 2.12. The van der Waals surface area contributed by atoms with Crippen molar-refractivity contribution in [2.24, 2.45) is 0 Å². The number of nitrogens with zero attached hydrogens (tertiary/aromatic N) is 2. The van der Waals surface area contributed by atoms with Crippen LogP contribution in [-0.2, 0) is 0 Å². The van der Waals surface area contributed by atoms with Gasteiger partial charge in [0.25, 0.3) is 0 Å². The van der Waals surface area contributed by atoms with Crippen molar-refractivity contribution in [1.29, 1.82) is 0 Å². The van der Waals surface area contributed by atoms with Gasteiger partial charge in [-0.2, -0.15) is 0 Å². The smallest absolute Gasteiger partial charge is 0.172 e. The fourth-order valence-electron chi connectivity index (χ4n) is 4.45. The quantitative estimate of drug-likeness (QED) is 0.180. The lowest BCUT2D eigenvalue weighted by Crippen LogP contribution is -2.33. The summed E-state index contributed by atoms with van der Waals surface area (Å²) in [5.41, 5.74) is 9.05. The molecule has 1 aromatic heterocycles. The first-order valence-corrected chi connectivity index (χ1v) is 14.2. The van der Waals surface area contributed by atoms with Crippen LogP contribution in [0.3, 0.4) is 0 Å². The van der Waals surface area contributed by atoms with Crippen molar-refractivity contribution in [3.63, 3.8) is 0 Å². The summed E-state index contributed by atoms with van der Waals surface area (Å²) < 4.78 is 2.25. The van der Waals surface area contributed by atoms with Crippen LogP contribution in [0, 0.1) is 6.92 Å². The lowest BCUT2D eigenvalue weighted by atomic mass is 10.0. The molecular formula is C36H49N2+. The molecule has 2 heteroatoms. The largest absolute Gasteiger partial charge is 0.253 e. The first-order valence-electron chi connectivity index (χ1n) is 14.2. The van der Waals surface area contributed by atoms with Crippen LogP contribution in [0.15, 0.2) is 78.9 Å². The Hall–Kier alpha value is -3.26. The molecule has 202 valence electrons. The summed E-state index contributed by atoms with van der Waals surface area (Å²) >= 11 is 0. The molecular weight excluding hydrogens is 460 g/mol. The number of rotatable bonds is 10. The molecule has 0 spiro atoms. The summed E-state index contributed by atoms with van der Waals surface area (Å²) in [5, 5.41) is 2.18. The van der Waals surface area contributed by atoms with E-state index in [1.165, 1.54) is 54.5 Å². The van der Waals surface area contributed by atoms with Crippen molar-refractivity contribution >= 4 is 23.4 Å². The van der Waals surface area contributed by atoms with Crippen molar-refractivity contribution in [3.05, 3.63) is 106 Å². The first-order chi connectivity index (χ1) is 18.3. The van der Waals surface area contributed by atoms with E-state index in [0.717, 1.165) is 34.3 Å². The molecule has 0 N–H and O–H groups in total. The summed E-state index contributed by atoms with van der Waals surface area (Å²) in [4.78, 5) is 4.76. The highest BCUT2D eigenvalue weighted by Gasteiger charge is 2.23. The standard InChI is InChI=1S/C26H31N2.C10H18/c1-6-22-14-11-19(3)27-26(22)23(7-2)18-28(5)20(4)12-13-21-9-8-10-25(17-21)24-15-16-24;1-5-8-10(7-3)9(4)6-2/h6-14,17,24H,2,15-16,18H2,1,3-5H3;6H,2,5,7-8H2,1,3-4H3/q+1;/b13-12-,22-6-,26-23-,28-20?;10-9+. The minimum Gasteiger partial charge on any atom is -0.253 e. The van der Waals surface area contributed by atoms with Gasteiger partial charge in [0.2, 0.25) is 0 Å². The second-order valence-electron chi connectivity index (χ2n) is 10.3. The van der Waals surface area contributed by atoms with Gasteiger partial charge >= 0.3 is 0 Å². The molecule has 0 amide bonds. The van der Waals surface area contributed by atoms with Crippen LogP contribution < -0.4 is 10.6 Å². The number of aromatic nitrogens is 1. The van der Waals surface area contributed by atoms with Gasteiger partial charge < -0.3 is 0 Å². The maximum atomic E-state index is 4.76. The van der Waals surface area contributed by atoms with Crippen LogP contribution in [0.5, 0.6) is 0 Å². The zero-order valence-electron chi connectivity index (χ0n) is 25.0. The van der Waals surface area contributed by atoms with Crippen LogP contribution in [0.2, 0.25) is 0 Å². The van der Waals surface area contributed by atoms with E-state index >= 15 is 0 Å². The van der Waals surface area contributed by atoms with Gasteiger partial charge in [-0.3, -0.25) is 4.98 Å². The van der Waals surface area contributed by atoms with E-state index in [0.29, 0.717) is 0 Å². The third-order valence-electron chi connectivity index (χ3n) is 7.26. The SMILES string of the molecule is C=C/C(C)=C(\CC)CCC.C=C/C(C[N+](C)=C(C)/C=C\c1cccc(C2CC2)c1)=c1/nc(C)cc/c1=C/C. The highest BCUT2D eigenvalue weighted by atomic mass is 15.0. The van der Waals surface area contributed by atoms with Crippen LogP contribution in [-0.4, -0.2) is 28.9 Å². The van der Waals surface area contributed by atoms with Gasteiger partial charge in [0.1, 0.15) is 7.05 Å². The number of pyridine rings is 1. The highest BCUT2D eigenvalue weighted by Crippen LogP contribution is 2.40. The molecule has 0 unspecified atom stereocenters. The molecule has 1 aliphatic rings. The van der Waals surface area contributed by atoms with E-state index in [9.17, 15) is 0 Å². The molecule has 1 saturated carbocycles. The van der Waals surface area contributed by atoms with Crippen molar-refractivity contribution < 1.29 is 4.58 Å². The van der Waals surface area contributed by atoms with Crippen LogP contribution >= 0.6 is 0 Å². The monoisotopic (exact) mass is 509 g/mol. The lowest BCUT2D eigenvalue weighted by molar-refractivity contribution is -0.483. The predicted octanol–water partition coefficient (Wildman–Crippen LogP) is 7.92. The average Bonchev–Trinajstić information content (AvgIpc) is 3.79. The molecule has 1 heterocycles. The number of benzene rings is 1. The van der Waals surface area contributed by atoms with Gasteiger partial charge in [0, 0.05) is 24.3 Å². The summed E-state index contributed by atoms with van der Waals surface area (Å²) in [6.45, 7) is 21.4. The summed E-state index contributed by atoms with van der Waals surface area (Å²) in [6, 6.07) is 13.1. The van der Waals surface area contributed by atoms with Crippen molar-refractivity contribution in [3.8, 4) is 0 Å². The molecule has 1 aliphatic carbocycles. The van der Waals surface area contributed by atoms with Gasteiger partial charge in [-0.05, 0) is 80.9 Å². The van der Waals surface area contributed by atoms with E-state index < -0.39 is 0 Å². The lowest BCUT2D eigenvalue weighted by Gasteiger charge is -2.04. The Morgan fingerprint density at radius 1 is 1.08 bits per heavy atom. The van der Waals surface area contributed by atoms with E-state index in [1.807, 2.05) is 19.1 Å². The zero-order chi connectivity index (χ0) is 28.1. The van der Waals surface area contributed by atoms with Gasteiger partial charge in [0.15, 0.2) is 12.3 Å². The van der Waals surface area contributed by atoms with Crippen LogP contribution in [0.1, 0.15) is 89.5 Å². The first kappa shape index (κ1) is 31.0. The zero-order valence-corrected chi connectivity index (χ0v) is 25.0. The molecule has 38 heavy (non-hydrogen) atoms. The number of allylic oxidation sites excluding steroid dienone is 4. The highest BCUT2D eigenvalue weighted by molar-refractivity contribution is 5.92. The molecule has 0 aliphatic heterocycles. The fraction of sp³-hybridized carbons (Fsp3) is 0.389. The van der Waals surface area contributed by atoms with E-state index in [-0.39, 0.29) is 0 Å². The topological polar surface area (TPSA) is 15.9 Å². The number of aryl methyl sites for hydroxylation is 1. The minimum absolute atomic E-state index is 0.777. The third-order valence-corrected chi connectivity index (χ3v) is 7.26. The Morgan fingerprint density at radius 2 is 1.82 bits per heavy atom. The Kier molecular flexibility index (Phi) is 12.9. The molecule has 0 saturated heterocycles. The van der Waals surface area contributed by atoms with Crippen molar-refractivity contribution in [2.75, 3.05) is 13.6 Å². The second kappa shape index (κ2) is 15.9. The Morgan fingerprint density at radius 3 is 2.39 bits per heavy atom. The molecule has 0 radical (unpaired) electrons. The van der Waals surface area contributed by atoms with Gasteiger partial charge in [0.05, 0.1) is 5.35 Å². The van der Waals surface area contributed by atoms with E-state index in [4.69, 9.17) is 4.98 Å². The maximum absolute atomic E-state index is 4.76. The van der Waals surface area contributed by atoms with Gasteiger partial charge in [-0.25, -0.2) is 4.58 Å². The Labute approximate surface area is 232 Å². The van der Waals surface area contributed by atoms with E-state index in [1.54, 1.807) is 5.57 Å². The molecule has 1 fully saturated rings. The Bertz CT molecular complexity index is 1310. The van der Waals surface area contributed by atoms with Crippen molar-refractivity contribution in [1.82, 2.24) is 4.98 Å². The van der Waals surface area contributed by atoms with Gasteiger partial charge in [-0.15, -0.1) is 0 Å². The maximum Gasteiger partial charge on any atom is 0.172 e. The predicted molar refractivity (Wildman–Crippen MR) is 169 cm³/mol. The minimum atomic E-state index is 0.777. The normalized spacial score (nSPS) is 15.8. The van der Waals surface area contributed by atoms with Crippen molar-refractivity contribution in [2.45, 2.75) is 79.6 Å². The molecule has 0 atom stereocenters. The average molecular weight is 510 g/mol. The molecule has 2 aromatic rings. The van der Waals surface area contributed by atoms with Crippen LogP contribution in [0.25, 0.3) is 17.7 Å². The fourth-order valence-corrected chi connectivity index (χ4v) is 4.45. The molecule has 1 aromatic carbocycles. The third kappa shape index (κ3) is 9.56. The summed E-state index contributed by atoms with van der Waals surface area (Å²) in [6.07, 6.45) is 16.7. The van der Waals surface area contributed by atoms with Gasteiger partial charge in [-0.1, -0.05) is 93.1 Å². The summed E-state index contributed by atoms with van der Waals surface area (Å²) in [5.74, 6) is 0.789. The van der Waals surface area contributed by atoms with E-state index in [2.05, 4.69) is 114 Å².